The van der Waals surface area contributed by atoms with Gasteiger partial charge in [-0.1, -0.05) is 29.3 Å². The minimum absolute atomic E-state index is 0.00232. The van der Waals surface area contributed by atoms with Crippen LogP contribution in [-0.2, 0) is 30.7 Å². The molecule has 0 radical (unpaired) electrons. The number of para-hydroxylation sites is 1. The second-order valence-corrected chi connectivity index (χ2v) is 15.3. The van der Waals surface area contributed by atoms with Crippen LogP contribution >= 0.6 is 23.2 Å². The van der Waals surface area contributed by atoms with Gasteiger partial charge in [0.15, 0.2) is 15.6 Å². The van der Waals surface area contributed by atoms with E-state index >= 15 is 0 Å². The molecule has 44 heavy (non-hydrogen) atoms. The second kappa shape index (κ2) is 11.9. The Kier molecular flexibility index (Phi) is 8.07. The third-order valence-corrected chi connectivity index (χ3v) is 12.1. The smallest absolute Gasteiger partial charge is 0.233 e. The maximum absolute atomic E-state index is 13.5. The first-order valence-electron chi connectivity index (χ1n) is 15.1. The Morgan fingerprint density at radius 2 is 1.70 bits per heavy atom. The van der Waals surface area contributed by atoms with Gasteiger partial charge < -0.3 is 14.4 Å². The first kappa shape index (κ1) is 29.9. The molecule has 2 aliphatic heterocycles. The summed E-state index contributed by atoms with van der Waals surface area (Å²) in [5.41, 5.74) is 3.69. The van der Waals surface area contributed by atoms with Crippen LogP contribution in [0.25, 0.3) is 5.69 Å². The highest BCUT2D eigenvalue weighted by Gasteiger charge is 2.52. The van der Waals surface area contributed by atoms with E-state index in [9.17, 15) is 18.0 Å². The lowest BCUT2D eigenvalue weighted by Crippen LogP contribution is -2.43. The highest BCUT2D eigenvalue weighted by atomic mass is 35.5. The molecule has 3 atom stereocenters. The Bertz CT molecular complexity index is 1680. The van der Waals surface area contributed by atoms with Crippen molar-refractivity contribution in [3.05, 3.63) is 75.5 Å². The van der Waals surface area contributed by atoms with Crippen molar-refractivity contribution >= 4 is 50.4 Å². The summed E-state index contributed by atoms with van der Waals surface area (Å²) in [5.74, 6) is -0.785. The summed E-state index contributed by atoms with van der Waals surface area (Å²) >= 11 is 13.0. The molecule has 4 aliphatic rings. The van der Waals surface area contributed by atoms with E-state index in [1.165, 1.54) is 0 Å². The van der Waals surface area contributed by atoms with E-state index in [0.717, 1.165) is 24.1 Å². The molecule has 1 amide bonds. The minimum atomic E-state index is -3.55. The van der Waals surface area contributed by atoms with Gasteiger partial charge in [-0.3, -0.25) is 9.59 Å². The lowest BCUT2D eigenvalue weighted by atomic mass is 10.0. The van der Waals surface area contributed by atoms with Crippen LogP contribution in [0, 0.1) is 5.92 Å². The molecule has 2 saturated heterocycles. The fourth-order valence-electron chi connectivity index (χ4n) is 6.89. The summed E-state index contributed by atoms with van der Waals surface area (Å²) in [6.07, 6.45) is 6.08. The van der Waals surface area contributed by atoms with Gasteiger partial charge in [-0.2, -0.15) is 5.10 Å². The van der Waals surface area contributed by atoms with Crippen molar-refractivity contribution in [3.8, 4) is 5.69 Å². The Hall–Kier alpha value is -2.76. The van der Waals surface area contributed by atoms with Crippen LogP contribution in [0.2, 0.25) is 10.0 Å². The third-order valence-electron chi connectivity index (χ3n) is 9.38. The minimum Gasteiger partial charge on any atom is -0.381 e. The zero-order chi connectivity index (χ0) is 30.6. The van der Waals surface area contributed by atoms with Gasteiger partial charge in [0.1, 0.15) is 11.4 Å². The lowest BCUT2D eigenvalue weighted by molar-refractivity contribution is -0.126. The SMILES string of the molecule is O=C(CS(=O)(=O)C1CCOCC1)c1ccc(N2C(=O)[C@@H]3C[C@H]2C[C@H]3OCc2c(C3CC3)cnn2-c2c(Cl)cccc2Cl)cc1. The number of aromatic nitrogens is 2. The number of Topliss-reactive ketones (excluding diaryl/α,β-unsaturated/α-hetero) is 1. The van der Waals surface area contributed by atoms with Crippen molar-refractivity contribution < 1.29 is 27.5 Å². The molecule has 0 spiro atoms. The van der Waals surface area contributed by atoms with E-state index in [1.807, 2.05) is 6.20 Å². The average molecular weight is 659 g/mol. The van der Waals surface area contributed by atoms with Crippen molar-refractivity contribution in [2.45, 2.75) is 68.4 Å². The van der Waals surface area contributed by atoms with Gasteiger partial charge in [0, 0.05) is 30.5 Å². The number of rotatable bonds is 10. The number of sulfone groups is 1. The quantitative estimate of drug-likeness (QED) is 0.263. The van der Waals surface area contributed by atoms with Crippen LogP contribution in [-0.4, -0.2) is 66.3 Å². The van der Waals surface area contributed by atoms with Gasteiger partial charge in [-0.15, -0.1) is 0 Å². The number of carbonyl (C=O) groups is 2. The van der Waals surface area contributed by atoms with Crippen LogP contribution in [0.15, 0.2) is 48.7 Å². The van der Waals surface area contributed by atoms with E-state index in [-0.39, 0.29) is 24.0 Å². The van der Waals surface area contributed by atoms with Crippen molar-refractivity contribution in [2.24, 2.45) is 5.92 Å². The number of halogens is 2. The van der Waals surface area contributed by atoms with Crippen molar-refractivity contribution in [2.75, 3.05) is 23.9 Å². The summed E-state index contributed by atoms with van der Waals surface area (Å²) in [6, 6.07) is 12.0. The number of nitrogens with zero attached hydrogens (tertiary/aromatic N) is 3. The molecule has 0 unspecified atom stereocenters. The number of ether oxygens (including phenoxy) is 2. The van der Waals surface area contributed by atoms with Gasteiger partial charge >= 0.3 is 0 Å². The standard InChI is InChI=1S/C32H33Cl2N3O6S/c33-26-2-1-3-27(34)31(26)37-28(25(16-35-37)19-4-5-19)17-43-30-15-22-14-24(30)32(39)36(22)21-8-6-20(7-9-21)29(38)18-44(40,41)23-10-12-42-13-11-23/h1-3,6-9,16,19,22-24,30H,4-5,10-15,17-18H2/t22-,24+,30+/m0/s1. The zero-order valence-electron chi connectivity index (χ0n) is 24.0. The normalized spacial score (nSPS) is 23.9. The predicted molar refractivity (Wildman–Crippen MR) is 167 cm³/mol. The summed E-state index contributed by atoms with van der Waals surface area (Å²) in [6.45, 7) is 1.09. The summed E-state index contributed by atoms with van der Waals surface area (Å²) in [5, 5.41) is 5.09. The Labute approximate surface area is 266 Å². The number of piperidine rings is 1. The lowest BCUT2D eigenvalue weighted by Gasteiger charge is -2.31. The maximum atomic E-state index is 13.5. The van der Waals surface area contributed by atoms with E-state index in [0.29, 0.717) is 78.4 Å². The third kappa shape index (κ3) is 5.60. The van der Waals surface area contributed by atoms with Gasteiger partial charge in [-0.25, -0.2) is 13.1 Å². The Morgan fingerprint density at radius 3 is 2.36 bits per heavy atom. The van der Waals surface area contributed by atoms with Gasteiger partial charge in [-0.05, 0) is 86.4 Å². The number of amides is 1. The number of hydrogen-bond acceptors (Lipinski definition) is 7. The molecule has 232 valence electrons. The molecule has 2 aliphatic carbocycles. The molecule has 0 N–H and O–H groups in total. The van der Waals surface area contributed by atoms with E-state index in [1.54, 1.807) is 52.0 Å². The average Bonchev–Trinajstić information content (AvgIpc) is 3.52. The number of anilines is 1. The second-order valence-electron chi connectivity index (χ2n) is 12.2. The largest absolute Gasteiger partial charge is 0.381 e. The first-order chi connectivity index (χ1) is 21.2. The number of ketones is 1. The molecule has 3 heterocycles. The summed E-state index contributed by atoms with van der Waals surface area (Å²) in [4.78, 5) is 28.1. The van der Waals surface area contributed by atoms with E-state index < -0.39 is 26.6 Å². The van der Waals surface area contributed by atoms with Crippen molar-refractivity contribution in [3.63, 3.8) is 0 Å². The number of benzene rings is 2. The molecule has 9 nitrogen and oxygen atoms in total. The monoisotopic (exact) mass is 657 g/mol. The first-order valence-corrected chi connectivity index (χ1v) is 17.6. The van der Waals surface area contributed by atoms with Gasteiger partial charge in [0.05, 0.1) is 45.8 Å². The zero-order valence-corrected chi connectivity index (χ0v) is 26.4. The summed E-state index contributed by atoms with van der Waals surface area (Å²) < 4.78 is 39.0. The van der Waals surface area contributed by atoms with Crippen LogP contribution in [0.5, 0.6) is 0 Å². The number of fused-ring (bicyclic) bond motifs is 2. The maximum Gasteiger partial charge on any atom is 0.233 e. The molecular formula is C32H33Cl2N3O6S. The molecule has 12 heteroatoms. The highest BCUT2D eigenvalue weighted by molar-refractivity contribution is 7.92. The van der Waals surface area contributed by atoms with E-state index in [4.69, 9.17) is 32.7 Å². The fourth-order valence-corrected chi connectivity index (χ4v) is 9.12. The number of carbonyl (C=O) groups excluding carboxylic acids is 2. The summed E-state index contributed by atoms with van der Waals surface area (Å²) in [7, 11) is -3.55. The van der Waals surface area contributed by atoms with Crippen molar-refractivity contribution in [1.82, 2.24) is 9.78 Å². The molecule has 7 rings (SSSR count). The Balaban J connectivity index is 1.01. The molecule has 2 saturated carbocycles. The molecule has 3 aromatic rings. The van der Waals surface area contributed by atoms with E-state index in [2.05, 4.69) is 5.10 Å². The molecule has 4 fully saturated rings. The highest BCUT2D eigenvalue weighted by Crippen LogP contribution is 2.45. The Morgan fingerprint density at radius 1 is 1.00 bits per heavy atom. The fraction of sp³-hybridized carbons (Fsp3) is 0.469. The van der Waals surface area contributed by atoms with Crippen LogP contribution in [0.1, 0.15) is 66.1 Å². The molecular weight excluding hydrogens is 625 g/mol. The molecule has 2 bridgehead atoms. The molecule has 1 aromatic heterocycles. The van der Waals surface area contributed by atoms with Gasteiger partial charge in [0.2, 0.25) is 5.91 Å². The van der Waals surface area contributed by atoms with Crippen LogP contribution < -0.4 is 4.90 Å². The molecule has 2 aromatic carbocycles. The number of hydrogen-bond donors (Lipinski definition) is 0. The topological polar surface area (TPSA) is 108 Å². The van der Waals surface area contributed by atoms with Crippen LogP contribution in [0.3, 0.4) is 0 Å². The van der Waals surface area contributed by atoms with Crippen molar-refractivity contribution in [1.29, 1.82) is 0 Å². The van der Waals surface area contributed by atoms with Gasteiger partial charge in [0.25, 0.3) is 0 Å². The van der Waals surface area contributed by atoms with Crippen LogP contribution in [0.4, 0.5) is 5.69 Å². The predicted octanol–water partition coefficient (Wildman–Crippen LogP) is 5.54.